The number of carbonyl (C=O) groups is 1. The lowest BCUT2D eigenvalue weighted by Gasteiger charge is -2.21. The molecule has 0 radical (unpaired) electrons. The van der Waals surface area contributed by atoms with Crippen LogP contribution < -0.4 is 11.1 Å². The fraction of sp³-hybridized carbons (Fsp3) is 0.417. The maximum absolute atomic E-state index is 12.0. The van der Waals surface area contributed by atoms with Crippen molar-refractivity contribution in [1.29, 1.82) is 0 Å². The largest absolute Gasteiger partial charge is 0.329 e. The molecule has 0 aliphatic rings. The Bertz CT molecular complexity index is 597. The van der Waals surface area contributed by atoms with E-state index in [1.807, 2.05) is 0 Å². The zero-order chi connectivity index (χ0) is 14.8. The number of nitrogens with one attached hydrogen (secondary N) is 1. The van der Waals surface area contributed by atoms with Crippen molar-refractivity contribution in [3.8, 4) is 0 Å². The predicted octanol–water partition coefficient (Wildman–Crippen LogP) is 1.67. The lowest BCUT2D eigenvalue weighted by atomic mass is 9.92. The second kappa shape index (κ2) is 5.48. The minimum Gasteiger partial charge on any atom is -0.329 e. The quantitative estimate of drug-likeness (QED) is 0.885. The smallest absolute Gasteiger partial charge is 0.231 e. The number of anilines is 1. The number of hydrogen-bond acceptors (Lipinski definition) is 4. The molecule has 1 aromatic rings. The summed E-state index contributed by atoms with van der Waals surface area (Å²) < 4.78 is 22.9. The standard InChI is InChI=1S/C12H17ClN2O3S/c1-12(2,7-14)11(16)15-10-6-8(19(3,17)18)4-5-9(10)13/h4-6H,7,14H2,1-3H3,(H,15,16). The summed E-state index contributed by atoms with van der Waals surface area (Å²) in [6.45, 7) is 3.55. The fourth-order valence-corrected chi connectivity index (χ4v) is 2.03. The third-order valence-electron chi connectivity index (χ3n) is 2.74. The molecule has 0 saturated carbocycles. The molecular weight excluding hydrogens is 288 g/mol. The van der Waals surface area contributed by atoms with Crippen LogP contribution in [0.1, 0.15) is 13.8 Å². The minimum absolute atomic E-state index is 0.0951. The van der Waals surface area contributed by atoms with Gasteiger partial charge in [-0.15, -0.1) is 0 Å². The molecule has 0 unspecified atom stereocenters. The van der Waals surface area contributed by atoms with Crippen molar-refractivity contribution in [1.82, 2.24) is 0 Å². The van der Waals surface area contributed by atoms with Crippen LogP contribution in [0, 0.1) is 5.41 Å². The molecule has 0 aliphatic heterocycles. The average Bonchev–Trinajstić information content (AvgIpc) is 2.30. The van der Waals surface area contributed by atoms with Crippen LogP contribution in [0.15, 0.2) is 23.1 Å². The van der Waals surface area contributed by atoms with Gasteiger partial charge < -0.3 is 11.1 Å². The Balaban J connectivity index is 3.12. The summed E-state index contributed by atoms with van der Waals surface area (Å²) >= 11 is 5.94. The molecule has 0 aromatic heterocycles. The van der Waals surface area contributed by atoms with Crippen molar-refractivity contribution in [2.75, 3.05) is 18.1 Å². The molecule has 1 rings (SSSR count). The van der Waals surface area contributed by atoms with Crippen molar-refractivity contribution >= 4 is 33.0 Å². The van der Waals surface area contributed by atoms with Crippen LogP contribution in [-0.2, 0) is 14.6 Å². The molecule has 3 N–H and O–H groups in total. The number of sulfone groups is 1. The molecule has 0 saturated heterocycles. The number of hydrogen-bond donors (Lipinski definition) is 2. The van der Waals surface area contributed by atoms with E-state index in [1.165, 1.54) is 18.2 Å². The zero-order valence-corrected chi connectivity index (χ0v) is 12.6. The first-order valence-electron chi connectivity index (χ1n) is 5.59. The number of rotatable bonds is 4. The Kier molecular flexibility index (Phi) is 4.60. The van der Waals surface area contributed by atoms with E-state index in [0.29, 0.717) is 0 Å². The average molecular weight is 305 g/mol. The van der Waals surface area contributed by atoms with Crippen LogP contribution >= 0.6 is 11.6 Å². The van der Waals surface area contributed by atoms with Gasteiger partial charge in [-0.1, -0.05) is 11.6 Å². The van der Waals surface area contributed by atoms with E-state index in [4.69, 9.17) is 17.3 Å². The van der Waals surface area contributed by atoms with Gasteiger partial charge in [0.15, 0.2) is 9.84 Å². The molecule has 0 heterocycles. The highest BCUT2D eigenvalue weighted by atomic mass is 35.5. The summed E-state index contributed by atoms with van der Waals surface area (Å²) in [4.78, 5) is 12.1. The molecule has 0 aliphatic carbocycles. The number of halogens is 1. The first kappa shape index (κ1) is 15.9. The van der Waals surface area contributed by atoms with Gasteiger partial charge in [0.05, 0.1) is 21.0 Å². The molecule has 0 atom stereocenters. The highest BCUT2D eigenvalue weighted by Gasteiger charge is 2.26. The maximum Gasteiger partial charge on any atom is 0.231 e. The third kappa shape index (κ3) is 3.92. The molecule has 0 spiro atoms. The van der Waals surface area contributed by atoms with E-state index in [9.17, 15) is 13.2 Å². The highest BCUT2D eigenvalue weighted by Crippen LogP contribution is 2.27. The van der Waals surface area contributed by atoms with Crippen molar-refractivity contribution in [2.45, 2.75) is 18.7 Å². The van der Waals surface area contributed by atoms with E-state index in [2.05, 4.69) is 5.32 Å². The molecule has 19 heavy (non-hydrogen) atoms. The third-order valence-corrected chi connectivity index (χ3v) is 4.18. The van der Waals surface area contributed by atoms with Gasteiger partial charge in [0, 0.05) is 12.8 Å². The summed E-state index contributed by atoms with van der Waals surface area (Å²) in [5.41, 5.74) is 5.01. The summed E-state index contributed by atoms with van der Waals surface area (Å²) in [5.74, 6) is -0.317. The van der Waals surface area contributed by atoms with Crippen molar-refractivity contribution < 1.29 is 13.2 Å². The Labute approximate surface area is 118 Å². The predicted molar refractivity (Wildman–Crippen MR) is 76.0 cm³/mol. The second-order valence-electron chi connectivity index (χ2n) is 4.96. The summed E-state index contributed by atoms with van der Waals surface area (Å²) in [5, 5.41) is 2.87. The Hall–Kier alpha value is -1.11. The van der Waals surface area contributed by atoms with Gasteiger partial charge in [-0.2, -0.15) is 0 Å². The van der Waals surface area contributed by atoms with Gasteiger partial charge in [0.2, 0.25) is 5.91 Å². The van der Waals surface area contributed by atoms with Gasteiger partial charge in [0.25, 0.3) is 0 Å². The lowest BCUT2D eigenvalue weighted by Crippen LogP contribution is -2.37. The molecule has 1 aromatic carbocycles. The van der Waals surface area contributed by atoms with Crippen molar-refractivity contribution in [3.63, 3.8) is 0 Å². The molecule has 0 fully saturated rings. The first-order valence-corrected chi connectivity index (χ1v) is 7.86. The molecule has 1 amide bonds. The van der Waals surface area contributed by atoms with E-state index < -0.39 is 15.3 Å². The molecular formula is C12H17ClN2O3S. The van der Waals surface area contributed by atoms with E-state index in [-0.39, 0.29) is 28.1 Å². The van der Waals surface area contributed by atoms with E-state index in [1.54, 1.807) is 13.8 Å². The number of amides is 1. The highest BCUT2D eigenvalue weighted by molar-refractivity contribution is 7.90. The van der Waals surface area contributed by atoms with Gasteiger partial charge >= 0.3 is 0 Å². The van der Waals surface area contributed by atoms with E-state index in [0.717, 1.165) is 6.26 Å². The summed E-state index contributed by atoms with van der Waals surface area (Å²) in [6, 6.07) is 4.16. The SMILES string of the molecule is CC(C)(CN)C(=O)Nc1cc(S(C)(=O)=O)ccc1Cl. The molecule has 0 bridgehead atoms. The monoisotopic (exact) mass is 304 g/mol. The summed E-state index contributed by atoms with van der Waals surface area (Å²) in [6.07, 6.45) is 1.09. The molecule has 5 nitrogen and oxygen atoms in total. The lowest BCUT2D eigenvalue weighted by molar-refractivity contribution is -0.123. The number of carbonyl (C=O) groups excluding carboxylic acids is 1. The van der Waals surface area contributed by atoms with E-state index >= 15 is 0 Å². The van der Waals surface area contributed by atoms with Crippen LogP contribution in [0.5, 0.6) is 0 Å². The minimum atomic E-state index is -3.35. The number of benzene rings is 1. The Morgan fingerprint density at radius 3 is 2.47 bits per heavy atom. The normalized spacial score (nSPS) is 12.3. The van der Waals surface area contributed by atoms with Crippen LogP contribution in [0.3, 0.4) is 0 Å². The topological polar surface area (TPSA) is 89.3 Å². The van der Waals surface area contributed by atoms with Crippen LogP contribution in [0.25, 0.3) is 0 Å². The van der Waals surface area contributed by atoms with Gasteiger partial charge in [-0.3, -0.25) is 4.79 Å². The fourth-order valence-electron chi connectivity index (χ4n) is 1.22. The van der Waals surface area contributed by atoms with Crippen LogP contribution in [0.2, 0.25) is 5.02 Å². The van der Waals surface area contributed by atoms with Crippen LogP contribution in [0.4, 0.5) is 5.69 Å². The second-order valence-corrected chi connectivity index (χ2v) is 7.38. The van der Waals surface area contributed by atoms with Crippen LogP contribution in [-0.4, -0.2) is 27.1 Å². The zero-order valence-electron chi connectivity index (χ0n) is 11.0. The maximum atomic E-state index is 12.0. The first-order chi connectivity index (χ1) is 8.58. The van der Waals surface area contributed by atoms with Gasteiger partial charge in [0.1, 0.15) is 0 Å². The van der Waals surface area contributed by atoms with Gasteiger partial charge in [-0.25, -0.2) is 8.42 Å². The van der Waals surface area contributed by atoms with Crippen molar-refractivity contribution in [3.05, 3.63) is 23.2 Å². The number of nitrogens with two attached hydrogens (primary N) is 1. The van der Waals surface area contributed by atoms with Crippen molar-refractivity contribution in [2.24, 2.45) is 11.1 Å². The molecule has 106 valence electrons. The van der Waals surface area contributed by atoms with Gasteiger partial charge in [-0.05, 0) is 32.0 Å². The molecule has 7 heteroatoms. The summed E-state index contributed by atoms with van der Waals surface area (Å²) in [7, 11) is -3.35. The Morgan fingerprint density at radius 1 is 1.42 bits per heavy atom. The Morgan fingerprint density at radius 2 is 2.00 bits per heavy atom.